The Balaban J connectivity index is 1.77. The van der Waals surface area contributed by atoms with Crippen LogP contribution in [0.5, 0.6) is 0 Å². The van der Waals surface area contributed by atoms with Gasteiger partial charge < -0.3 is 5.01 Å². The van der Waals surface area contributed by atoms with Crippen LogP contribution in [0.3, 0.4) is 0 Å². The topological polar surface area (TPSA) is 58.3 Å². The van der Waals surface area contributed by atoms with Gasteiger partial charge >= 0.3 is 6.18 Å². The standard InChI is InChI=1S/C30H37ClF3N5/c1-6-25-24(17-39-14-12-21(13-15-39)30(32,33)34)29(31)23-16-20(9-11-26(23)37-25)28(27(7-2)38(5)35)22-10-8-18(3)36-19(22)4/h7-11,16,21,28H,6,12-15,17,35H2,1-5H3/b27-7-. The third kappa shape index (κ3) is 6.23. The quantitative estimate of drug-likeness (QED) is 0.248. The Morgan fingerprint density at radius 3 is 2.44 bits per heavy atom. The highest BCUT2D eigenvalue weighted by Crippen LogP contribution is 2.39. The zero-order valence-electron chi connectivity index (χ0n) is 23.2. The molecule has 3 heterocycles. The summed E-state index contributed by atoms with van der Waals surface area (Å²) < 4.78 is 39.6. The lowest BCUT2D eigenvalue weighted by Gasteiger charge is -2.33. The summed E-state index contributed by atoms with van der Waals surface area (Å²) in [5, 5.41) is 3.06. The van der Waals surface area contributed by atoms with Crippen LogP contribution in [-0.2, 0) is 13.0 Å². The van der Waals surface area contributed by atoms with Crippen LogP contribution in [0.1, 0.15) is 66.4 Å². The number of hydrazine groups is 1. The minimum atomic E-state index is -4.13. The first-order chi connectivity index (χ1) is 18.4. The highest BCUT2D eigenvalue weighted by molar-refractivity contribution is 6.36. The third-order valence-electron chi connectivity index (χ3n) is 7.80. The maximum Gasteiger partial charge on any atom is 0.391 e. The summed E-state index contributed by atoms with van der Waals surface area (Å²) in [6.45, 7) is 9.21. The number of benzene rings is 1. The van der Waals surface area contributed by atoms with E-state index in [2.05, 4.69) is 23.1 Å². The third-order valence-corrected chi connectivity index (χ3v) is 8.23. The van der Waals surface area contributed by atoms with E-state index < -0.39 is 12.1 Å². The van der Waals surface area contributed by atoms with Crippen molar-refractivity contribution in [2.24, 2.45) is 11.8 Å². The van der Waals surface area contributed by atoms with Crippen LogP contribution in [-0.4, -0.2) is 46.2 Å². The monoisotopic (exact) mass is 559 g/mol. The Morgan fingerprint density at radius 2 is 1.87 bits per heavy atom. The molecule has 1 atom stereocenters. The molecule has 0 spiro atoms. The number of aryl methyl sites for hydroxylation is 3. The van der Waals surface area contributed by atoms with Gasteiger partial charge in [-0.05, 0) is 82.4 Å². The summed E-state index contributed by atoms with van der Waals surface area (Å²) in [4.78, 5) is 11.7. The van der Waals surface area contributed by atoms with Gasteiger partial charge in [-0.2, -0.15) is 13.2 Å². The Hall–Kier alpha value is -2.68. The number of likely N-dealkylation sites (tertiary alicyclic amines) is 1. The molecular formula is C30H37ClF3N5. The predicted octanol–water partition coefficient (Wildman–Crippen LogP) is 7.08. The number of likely N-dealkylation sites (N-methyl/N-ethyl adjacent to an activating group) is 1. The van der Waals surface area contributed by atoms with Crippen molar-refractivity contribution in [1.82, 2.24) is 19.9 Å². The number of nitrogens with zero attached hydrogens (tertiary/aromatic N) is 4. The first-order valence-corrected chi connectivity index (χ1v) is 13.8. The molecular weight excluding hydrogens is 523 g/mol. The van der Waals surface area contributed by atoms with Gasteiger partial charge in [-0.15, -0.1) is 0 Å². The molecule has 0 saturated carbocycles. The van der Waals surface area contributed by atoms with Crippen molar-refractivity contribution in [2.75, 3.05) is 20.1 Å². The first-order valence-electron chi connectivity index (χ1n) is 13.4. The summed E-state index contributed by atoms with van der Waals surface area (Å²) in [5.41, 5.74) is 7.41. The minimum Gasteiger partial charge on any atom is -0.318 e. The Bertz CT molecular complexity index is 1360. The van der Waals surface area contributed by atoms with E-state index in [0.29, 0.717) is 31.1 Å². The molecule has 1 aliphatic heterocycles. The van der Waals surface area contributed by atoms with Gasteiger partial charge in [0.15, 0.2) is 0 Å². The number of halogens is 4. The van der Waals surface area contributed by atoms with Crippen LogP contribution in [0, 0.1) is 19.8 Å². The molecule has 2 aromatic heterocycles. The number of aromatic nitrogens is 2. The van der Waals surface area contributed by atoms with Crippen molar-refractivity contribution in [2.45, 2.75) is 65.6 Å². The molecule has 210 valence electrons. The summed E-state index contributed by atoms with van der Waals surface area (Å²) in [7, 11) is 1.82. The summed E-state index contributed by atoms with van der Waals surface area (Å²) in [6, 6.07) is 10.2. The lowest BCUT2D eigenvalue weighted by atomic mass is 9.86. The van der Waals surface area contributed by atoms with E-state index in [0.717, 1.165) is 50.4 Å². The maximum atomic E-state index is 13.2. The molecule has 3 aromatic rings. The van der Waals surface area contributed by atoms with Gasteiger partial charge in [0, 0.05) is 47.3 Å². The van der Waals surface area contributed by atoms with Gasteiger partial charge in [0.2, 0.25) is 0 Å². The lowest BCUT2D eigenvalue weighted by Crippen LogP contribution is -2.38. The number of pyridine rings is 2. The number of nitrogens with two attached hydrogens (primary N) is 1. The van der Waals surface area contributed by atoms with E-state index in [1.54, 1.807) is 5.01 Å². The van der Waals surface area contributed by atoms with Gasteiger partial charge in [-0.1, -0.05) is 36.7 Å². The summed E-state index contributed by atoms with van der Waals surface area (Å²) >= 11 is 7.09. The highest BCUT2D eigenvalue weighted by atomic mass is 35.5. The maximum absolute atomic E-state index is 13.2. The second-order valence-corrected chi connectivity index (χ2v) is 10.8. The second kappa shape index (κ2) is 11.8. The molecule has 1 saturated heterocycles. The summed E-state index contributed by atoms with van der Waals surface area (Å²) in [6.07, 6.45) is -1.23. The van der Waals surface area contributed by atoms with Gasteiger partial charge in [0.1, 0.15) is 0 Å². The number of alkyl halides is 3. The smallest absolute Gasteiger partial charge is 0.318 e. The van der Waals surface area contributed by atoms with Crippen LogP contribution >= 0.6 is 11.6 Å². The number of piperidine rings is 1. The fourth-order valence-corrected chi connectivity index (χ4v) is 6.01. The molecule has 2 N–H and O–H groups in total. The van der Waals surface area contributed by atoms with Gasteiger partial charge in [0.25, 0.3) is 0 Å². The van der Waals surface area contributed by atoms with E-state index in [1.807, 2.05) is 53.0 Å². The van der Waals surface area contributed by atoms with Crippen LogP contribution in [0.25, 0.3) is 10.9 Å². The lowest BCUT2D eigenvalue weighted by molar-refractivity contribution is -0.185. The number of fused-ring (bicyclic) bond motifs is 1. The molecule has 0 radical (unpaired) electrons. The highest BCUT2D eigenvalue weighted by Gasteiger charge is 2.41. The Kier molecular flexibility index (Phi) is 8.88. The van der Waals surface area contributed by atoms with Crippen LogP contribution in [0.2, 0.25) is 5.02 Å². The van der Waals surface area contributed by atoms with Gasteiger partial charge in [0.05, 0.1) is 22.4 Å². The van der Waals surface area contributed by atoms with Crippen molar-refractivity contribution in [3.8, 4) is 0 Å². The average Bonchev–Trinajstić information content (AvgIpc) is 2.88. The zero-order chi connectivity index (χ0) is 28.5. The largest absolute Gasteiger partial charge is 0.391 e. The van der Waals surface area contributed by atoms with Gasteiger partial charge in [-0.25, -0.2) is 5.84 Å². The molecule has 1 aromatic carbocycles. The molecule has 0 amide bonds. The predicted molar refractivity (Wildman–Crippen MR) is 151 cm³/mol. The molecule has 9 heteroatoms. The second-order valence-electron chi connectivity index (χ2n) is 10.5. The minimum absolute atomic E-state index is 0.109. The van der Waals surface area contributed by atoms with E-state index in [-0.39, 0.29) is 18.8 Å². The fraction of sp³-hybridized carbons (Fsp3) is 0.467. The molecule has 1 aliphatic rings. The molecule has 5 nitrogen and oxygen atoms in total. The molecule has 1 fully saturated rings. The van der Waals surface area contributed by atoms with E-state index in [9.17, 15) is 13.2 Å². The molecule has 0 aliphatic carbocycles. The van der Waals surface area contributed by atoms with Crippen LogP contribution in [0.15, 0.2) is 42.1 Å². The SMILES string of the molecule is C/C=C(/C(c1ccc2nc(CC)c(CN3CCC(C(F)(F)F)CC3)c(Cl)c2c1)c1ccc(C)nc1C)N(C)N. The van der Waals surface area contributed by atoms with Crippen molar-refractivity contribution >= 4 is 22.5 Å². The van der Waals surface area contributed by atoms with Crippen LogP contribution < -0.4 is 5.84 Å². The van der Waals surface area contributed by atoms with E-state index in [4.69, 9.17) is 27.4 Å². The van der Waals surface area contributed by atoms with E-state index in [1.165, 1.54) is 0 Å². The number of hydrogen-bond acceptors (Lipinski definition) is 5. The van der Waals surface area contributed by atoms with Crippen LogP contribution in [0.4, 0.5) is 13.2 Å². The Labute approximate surface area is 233 Å². The molecule has 39 heavy (non-hydrogen) atoms. The Morgan fingerprint density at radius 1 is 1.18 bits per heavy atom. The van der Waals surface area contributed by atoms with Gasteiger partial charge in [-0.3, -0.25) is 14.9 Å². The summed E-state index contributed by atoms with van der Waals surface area (Å²) in [5.74, 6) is 4.88. The van der Waals surface area contributed by atoms with E-state index >= 15 is 0 Å². The number of rotatable bonds is 7. The normalized spacial score (nSPS) is 16.6. The van der Waals surface area contributed by atoms with Crippen molar-refractivity contribution in [3.63, 3.8) is 0 Å². The molecule has 0 bridgehead atoms. The molecule has 4 rings (SSSR count). The van der Waals surface area contributed by atoms with Crippen molar-refractivity contribution in [3.05, 3.63) is 80.9 Å². The first kappa shape index (κ1) is 29.3. The fourth-order valence-electron chi connectivity index (χ4n) is 5.69. The number of allylic oxidation sites excluding steroid dienone is 2. The average molecular weight is 560 g/mol. The molecule has 1 unspecified atom stereocenters. The number of hydrogen-bond donors (Lipinski definition) is 1. The van der Waals surface area contributed by atoms with Crippen molar-refractivity contribution < 1.29 is 13.2 Å². The zero-order valence-corrected chi connectivity index (χ0v) is 24.0. The van der Waals surface area contributed by atoms with Crippen molar-refractivity contribution in [1.29, 1.82) is 0 Å².